The molecule has 1 aliphatic heterocycles. The van der Waals surface area contributed by atoms with E-state index in [0.717, 1.165) is 28.5 Å². The molecule has 4 rings (SSSR count). The van der Waals surface area contributed by atoms with Crippen LogP contribution in [0.2, 0.25) is 0 Å². The fourth-order valence-corrected chi connectivity index (χ4v) is 6.38. The number of carbonyl (C=O) groups is 1. The maximum atomic E-state index is 13.5. The summed E-state index contributed by atoms with van der Waals surface area (Å²) >= 11 is 0. The number of nitrogens with one attached hydrogen (secondary N) is 1. The van der Waals surface area contributed by atoms with E-state index in [-0.39, 0.29) is 18.0 Å². The summed E-state index contributed by atoms with van der Waals surface area (Å²) in [6, 6.07) is 20.6. The van der Waals surface area contributed by atoms with Crippen LogP contribution in [0.3, 0.4) is 0 Å². The summed E-state index contributed by atoms with van der Waals surface area (Å²) in [4.78, 5) is 27.2. The third-order valence-electron chi connectivity index (χ3n) is 7.06. The van der Waals surface area contributed by atoms with E-state index in [1.807, 2.05) is 81.4 Å². The van der Waals surface area contributed by atoms with Crippen molar-refractivity contribution < 1.29 is 17.9 Å². The number of rotatable bonds is 8. The highest BCUT2D eigenvalue weighted by Crippen LogP contribution is 2.42. The van der Waals surface area contributed by atoms with Crippen molar-refractivity contribution in [3.8, 4) is 11.1 Å². The normalized spacial score (nSPS) is 18.4. The van der Waals surface area contributed by atoms with Gasteiger partial charge in [0.25, 0.3) is 5.56 Å². The largest absolute Gasteiger partial charge is 0.438 e. The summed E-state index contributed by atoms with van der Waals surface area (Å²) < 4.78 is 34.4. The van der Waals surface area contributed by atoms with E-state index in [1.54, 1.807) is 38.1 Å². The Morgan fingerprint density at radius 3 is 2.17 bits per heavy atom. The third-order valence-corrected chi connectivity index (χ3v) is 7.98. The van der Waals surface area contributed by atoms with Crippen LogP contribution in [0, 0.1) is 0 Å². The Balaban J connectivity index is 0.00000216. The van der Waals surface area contributed by atoms with Gasteiger partial charge >= 0.3 is 6.09 Å². The fraction of sp³-hybridized carbons (Fsp3) is 0.419. The van der Waals surface area contributed by atoms with Gasteiger partial charge in [-0.25, -0.2) is 17.9 Å². The minimum Gasteiger partial charge on any atom is -0.438 e. The van der Waals surface area contributed by atoms with Crippen LogP contribution in [-0.4, -0.2) is 42.3 Å². The number of sulfonamides is 1. The second kappa shape index (κ2) is 12.4. The van der Waals surface area contributed by atoms with Gasteiger partial charge in [0.1, 0.15) is 5.60 Å². The Morgan fingerprint density at radius 1 is 1.00 bits per heavy atom. The van der Waals surface area contributed by atoms with Crippen molar-refractivity contribution in [2.75, 3.05) is 12.8 Å². The third kappa shape index (κ3) is 7.40. The predicted octanol–water partition coefficient (Wildman–Crippen LogP) is 5.60. The molecule has 0 spiro atoms. The summed E-state index contributed by atoms with van der Waals surface area (Å²) in [5, 5.41) is 0. The number of hydrogen-bond acceptors (Lipinski definition) is 5. The van der Waals surface area contributed by atoms with Crippen LogP contribution in [0.5, 0.6) is 0 Å². The molecule has 2 atom stereocenters. The van der Waals surface area contributed by atoms with Crippen molar-refractivity contribution in [1.29, 1.82) is 0 Å². The van der Waals surface area contributed by atoms with E-state index >= 15 is 0 Å². The van der Waals surface area contributed by atoms with Crippen molar-refractivity contribution in [3.05, 3.63) is 94.4 Å². The number of carbonyl (C=O) groups excluding carboxylic acids is 1. The number of nitrogens with zero attached hydrogens (tertiary/aromatic N) is 2. The zero-order valence-electron chi connectivity index (χ0n) is 24.5. The van der Waals surface area contributed by atoms with E-state index in [0.29, 0.717) is 13.0 Å². The van der Waals surface area contributed by atoms with Gasteiger partial charge < -0.3 is 14.2 Å². The Morgan fingerprint density at radius 2 is 1.62 bits per heavy atom. The molecule has 0 saturated carbocycles. The molecule has 1 saturated heterocycles. The van der Waals surface area contributed by atoms with Crippen molar-refractivity contribution in [3.63, 3.8) is 0 Å². The predicted molar refractivity (Wildman–Crippen MR) is 159 cm³/mol. The lowest BCUT2D eigenvalue weighted by Crippen LogP contribution is -2.54. The maximum absolute atomic E-state index is 13.5. The number of benzene rings is 2. The number of cyclic esters (lactones) is 1. The Labute approximate surface area is 238 Å². The lowest BCUT2D eigenvalue weighted by molar-refractivity contribution is -0.0750. The molecule has 1 aliphatic rings. The Kier molecular flexibility index (Phi) is 9.64. The van der Waals surface area contributed by atoms with Gasteiger partial charge in [-0.2, -0.15) is 0 Å². The molecule has 40 heavy (non-hydrogen) atoms. The maximum Gasteiger partial charge on any atom is 0.411 e. The number of amides is 1. The van der Waals surface area contributed by atoms with Crippen LogP contribution >= 0.6 is 0 Å². The van der Waals surface area contributed by atoms with Crippen molar-refractivity contribution in [2.45, 2.75) is 64.6 Å². The van der Waals surface area contributed by atoms with E-state index in [2.05, 4.69) is 4.72 Å². The highest BCUT2D eigenvalue weighted by Gasteiger charge is 2.47. The van der Waals surface area contributed by atoms with E-state index in [9.17, 15) is 18.0 Å². The molecule has 1 unspecified atom stereocenters. The average molecular weight is 568 g/mol. The molecule has 0 bridgehead atoms. The molecule has 1 amide bonds. The number of ether oxygens (including phenoxy) is 1. The van der Waals surface area contributed by atoms with Gasteiger partial charge in [0.2, 0.25) is 10.0 Å². The van der Waals surface area contributed by atoms with Crippen LogP contribution in [0.4, 0.5) is 4.79 Å². The van der Waals surface area contributed by atoms with Gasteiger partial charge in [-0.3, -0.25) is 4.79 Å². The Hall–Kier alpha value is -3.43. The van der Waals surface area contributed by atoms with Gasteiger partial charge in [-0.1, -0.05) is 68.4 Å². The molecule has 9 heteroatoms. The average Bonchev–Trinajstić information content (AvgIpc) is 2.90. The zero-order valence-corrected chi connectivity index (χ0v) is 25.3. The summed E-state index contributed by atoms with van der Waals surface area (Å²) in [5.41, 5.74) is 1.65. The molecule has 1 aromatic heterocycles. The first-order valence-corrected chi connectivity index (χ1v) is 15.5. The minimum absolute atomic E-state index is 0.0761. The summed E-state index contributed by atoms with van der Waals surface area (Å²) in [7, 11) is -1.75. The fourth-order valence-electron chi connectivity index (χ4n) is 5.31. The molecule has 8 nitrogen and oxygen atoms in total. The highest BCUT2D eigenvalue weighted by atomic mass is 32.2. The standard InChI is InChI=1S/C29H35N3O5S.C2H6/c1-21(22-11-13-23(14-12-22)24-15-17-31(4)26(33)19-24)32-18-16-29(37-27(32)34,25-9-7-6-8-10-25)20-28(2,3)30-38(5,35)36;1-2/h6-15,17,19,21,30H,16,18,20H2,1-5H3;1-2H3/t21?,29-;/m0./s1. The van der Waals surface area contributed by atoms with E-state index in [4.69, 9.17) is 4.74 Å². The van der Waals surface area contributed by atoms with Crippen LogP contribution in [0.15, 0.2) is 77.7 Å². The number of aromatic nitrogens is 1. The van der Waals surface area contributed by atoms with Gasteiger partial charge in [0.05, 0.1) is 12.3 Å². The van der Waals surface area contributed by atoms with Crippen LogP contribution in [0.25, 0.3) is 11.1 Å². The smallest absolute Gasteiger partial charge is 0.411 e. The second-order valence-corrected chi connectivity index (χ2v) is 12.5. The monoisotopic (exact) mass is 567 g/mol. The number of aryl methyl sites for hydroxylation is 1. The summed E-state index contributed by atoms with van der Waals surface area (Å²) in [6.45, 7) is 10.00. The lowest BCUT2D eigenvalue weighted by atomic mass is 9.79. The van der Waals surface area contributed by atoms with Crippen molar-refractivity contribution in [2.24, 2.45) is 7.05 Å². The van der Waals surface area contributed by atoms with Crippen molar-refractivity contribution in [1.82, 2.24) is 14.2 Å². The van der Waals surface area contributed by atoms with Gasteiger partial charge in [0.15, 0.2) is 0 Å². The SMILES string of the molecule is CC.CC(c1ccc(-c2ccn(C)c(=O)c2)cc1)N1CC[C@](CC(C)(C)NS(C)(=O)=O)(c2ccccc2)OC1=O. The topological polar surface area (TPSA) is 97.7 Å². The molecule has 0 aliphatic carbocycles. The Bertz CT molecular complexity index is 1470. The molecule has 0 radical (unpaired) electrons. The molecule has 216 valence electrons. The van der Waals surface area contributed by atoms with E-state index < -0.39 is 27.3 Å². The molecular weight excluding hydrogens is 526 g/mol. The first-order valence-electron chi connectivity index (χ1n) is 13.6. The molecule has 3 aromatic rings. The van der Waals surface area contributed by atoms with E-state index in [1.165, 1.54) is 4.57 Å². The van der Waals surface area contributed by atoms with Crippen LogP contribution in [0.1, 0.15) is 64.6 Å². The van der Waals surface area contributed by atoms with Crippen LogP contribution < -0.4 is 10.3 Å². The summed E-state index contributed by atoms with van der Waals surface area (Å²) in [6.07, 6.45) is 3.22. The quantitative estimate of drug-likeness (QED) is 0.382. The summed E-state index contributed by atoms with van der Waals surface area (Å²) in [5.74, 6) is 0. The van der Waals surface area contributed by atoms with Gasteiger partial charge in [-0.15, -0.1) is 0 Å². The number of hydrogen-bond donors (Lipinski definition) is 1. The molecule has 1 fully saturated rings. The molecule has 1 N–H and O–H groups in total. The highest BCUT2D eigenvalue weighted by molar-refractivity contribution is 7.88. The first-order chi connectivity index (χ1) is 18.8. The van der Waals surface area contributed by atoms with Crippen LogP contribution in [-0.2, 0) is 27.4 Å². The molecule has 2 aromatic carbocycles. The van der Waals surface area contributed by atoms with Gasteiger partial charge in [0, 0.05) is 44.2 Å². The number of pyridine rings is 1. The second-order valence-electron chi connectivity index (χ2n) is 10.8. The first kappa shape index (κ1) is 31.1. The minimum atomic E-state index is -3.46. The van der Waals surface area contributed by atoms with Gasteiger partial charge in [-0.05, 0) is 49.1 Å². The lowest BCUT2D eigenvalue weighted by Gasteiger charge is -2.46. The molecule has 2 heterocycles. The molecular formula is C31H41N3O5S. The zero-order chi connectivity index (χ0) is 29.7. The van der Waals surface area contributed by atoms with Crippen molar-refractivity contribution >= 4 is 16.1 Å².